The van der Waals surface area contributed by atoms with E-state index in [9.17, 15) is 9.90 Å². The van der Waals surface area contributed by atoms with Crippen LogP contribution in [0.2, 0.25) is 0 Å². The van der Waals surface area contributed by atoms with Crippen LogP contribution in [-0.4, -0.2) is 48.5 Å². The molecule has 2 aliphatic rings. The second kappa shape index (κ2) is 7.62. The summed E-state index contributed by atoms with van der Waals surface area (Å²) in [4.78, 5) is 12.8. The van der Waals surface area contributed by atoms with E-state index in [2.05, 4.69) is 10.6 Å². The SMILES string of the molecule is CC(C)Oc1cc(O)cc(C(=O)NC2CCCOC23CCNCC3)c1. The Kier molecular flexibility index (Phi) is 5.49. The zero-order valence-electron chi connectivity index (χ0n) is 15.0. The van der Waals surface area contributed by atoms with Crippen molar-refractivity contribution in [3.05, 3.63) is 23.8 Å². The van der Waals surface area contributed by atoms with E-state index in [1.807, 2.05) is 13.8 Å². The number of amides is 1. The van der Waals surface area contributed by atoms with Crippen molar-refractivity contribution in [3.8, 4) is 11.5 Å². The molecule has 6 nitrogen and oxygen atoms in total. The lowest BCUT2D eigenvalue weighted by Crippen LogP contribution is -2.60. The molecule has 2 heterocycles. The number of carbonyl (C=O) groups excluding carboxylic acids is 1. The van der Waals surface area contributed by atoms with E-state index in [0.29, 0.717) is 11.3 Å². The lowest BCUT2D eigenvalue weighted by molar-refractivity contribution is -0.114. The number of phenolic OH excluding ortho intramolecular Hbond substituents is 1. The zero-order chi connectivity index (χ0) is 17.9. The second-order valence-electron chi connectivity index (χ2n) is 7.21. The summed E-state index contributed by atoms with van der Waals surface area (Å²) in [6, 6.07) is 4.66. The first-order valence-corrected chi connectivity index (χ1v) is 9.15. The third kappa shape index (κ3) is 4.25. The van der Waals surface area contributed by atoms with E-state index in [1.54, 1.807) is 6.07 Å². The highest BCUT2D eigenvalue weighted by Crippen LogP contribution is 2.34. The predicted octanol–water partition coefficient (Wildman–Crippen LogP) is 2.21. The van der Waals surface area contributed by atoms with Gasteiger partial charge in [0.25, 0.3) is 5.91 Å². The molecule has 1 atom stereocenters. The molecular weight excluding hydrogens is 320 g/mol. The molecule has 1 amide bonds. The van der Waals surface area contributed by atoms with E-state index in [0.717, 1.165) is 45.4 Å². The van der Waals surface area contributed by atoms with Crippen molar-refractivity contribution >= 4 is 5.91 Å². The summed E-state index contributed by atoms with van der Waals surface area (Å²) in [5.74, 6) is 0.328. The smallest absolute Gasteiger partial charge is 0.251 e. The molecule has 2 fully saturated rings. The number of carbonyl (C=O) groups is 1. The molecule has 6 heteroatoms. The Morgan fingerprint density at radius 1 is 1.36 bits per heavy atom. The Morgan fingerprint density at radius 3 is 2.84 bits per heavy atom. The molecule has 0 bridgehead atoms. The van der Waals surface area contributed by atoms with Gasteiger partial charge in [0.2, 0.25) is 0 Å². The molecule has 1 spiro atoms. The summed E-state index contributed by atoms with van der Waals surface area (Å²) in [7, 11) is 0. The van der Waals surface area contributed by atoms with Crippen LogP contribution >= 0.6 is 0 Å². The molecule has 3 rings (SSSR count). The van der Waals surface area contributed by atoms with Gasteiger partial charge in [0, 0.05) is 18.2 Å². The number of benzene rings is 1. The van der Waals surface area contributed by atoms with Gasteiger partial charge in [-0.2, -0.15) is 0 Å². The number of nitrogens with one attached hydrogen (secondary N) is 2. The maximum absolute atomic E-state index is 12.8. The minimum absolute atomic E-state index is 0.00679. The highest BCUT2D eigenvalue weighted by atomic mass is 16.5. The van der Waals surface area contributed by atoms with E-state index in [-0.39, 0.29) is 29.4 Å². The van der Waals surface area contributed by atoms with E-state index in [4.69, 9.17) is 9.47 Å². The van der Waals surface area contributed by atoms with Gasteiger partial charge in [0.1, 0.15) is 11.5 Å². The Balaban J connectivity index is 1.75. The van der Waals surface area contributed by atoms with Gasteiger partial charge in [-0.1, -0.05) is 0 Å². The maximum atomic E-state index is 12.8. The average molecular weight is 348 g/mol. The predicted molar refractivity (Wildman–Crippen MR) is 95.1 cm³/mol. The lowest BCUT2D eigenvalue weighted by Gasteiger charge is -2.46. The van der Waals surface area contributed by atoms with Gasteiger partial charge in [0.15, 0.2) is 0 Å². The van der Waals surface area contributed by atoms with Crippen LogP contribution in [0.3, 0.4) is 0 Å². The minimum atomic E-state index is -0.271. The van der Waals surface area contributed by atoms with Crippen LogP contribution < -0.4 is 15.4 Å². The summed E-state index contributed by atoms with van der Waals surface area (Å²) in [6.07, 6.45) is 3.64. The topological polar surface area (TPSA) is 79.8 Å². The van der Waals surface area contributed by atoms with Gasteiger partial charge in [-0.3, -0.25) is 4.79 Å². The molecule has 2 saturated heterocycles. The van der Waals surface area contributed by atoms with Crippen molar-refractivity contribution in [1.29, 1.82) is 0 Å². The van der Waals surface area contributed by atoms with Crippen LogP contribution in [0, 0.1) is 0 Å². The van der Waals surface area contributed by atoms with Crippen LogP contribution in [0.25, 0.3) is 0 Å². The molecule has 3 N–H and O–H groups in total. The second-order valence-corrected chi connectivity index (χ2v) is 7.21. The van der Waals surface area contributed by atoms with Gasteiger partial charge >= 0.3 is 0 Å². The van der Waals surface area contributed by atoms with Crippen molar-refractivity contribution in [2.24, 2.45) is 0 Å². The largest absolute Gasteiger partial charge is 0.508 e. The van der Waals surface area contributed by atoms with Gasteiger partial charge in [-0.05, 0) is 64.8 Å². The van der Waals surface area contributed by atoms with Gasteiger partial charge in [0.05, 0.1) is 17.7 Å². The van der Waals surface area contributed by atoms with Crippen molar-refractivity contribution < 1.29 is 19.4 Å². The number of piperidine rings is 1. The fourth-order valence-electron chi connectivity index (χ4n) is 3.77. The standard InChI is InChI=1S/C19H28N2O4/c1-13(2)25-16-11-14(10-15(22)12-16)18(23)21-17-4-3-9-24-19(17)5-7-20-8-6-19/h10-13,17,20,22H,3-9H2,1-2H3,(H,21,23). The summed E-state index contributed by atoms with van der Waals surface area (Å²) >= 11 is 0. The van der Waals surface area contributed by atoms with Gasteiger partial charge < -0.3 is 25.2 Å². The Labute approximate surface area is 148 Å². The molecule has 2 aliphatic heterocycles. The number of hydrogen-bond acceptors (Lipinski definition) is 5. The van der Waals surface area contributed by atoms with Gasteiger partial charge in [-0.15, -0.1) is 0 Å². The fraction of sp³-hybridized carbons (Fsp3) is 0.632. The first-order chi connectivity index (χ1) is 12.0. The van der Waals surface area contributed by atoms with Crippen molar-refractivity contribution in [2.75, 3.05) is 19.7 Å². The third-order valence-corrected chi connectivity index (χ3v) is 4.94. The summed E-state index contributed by atoms with van der Waals surface area (Å²) in [5.41, 5.74) is 0.137. The molecule has 25 heavy (non-hydrogen) atoms. The number of phenols is 1. The molecule has 1 unspecified atom stereocenters. The molecule has 0 aromatic heterocycles. The van der Waals surface area contributed by atoms with Crippen LogP contribution in [0.15, 0.2) is 18.2 Å². The number of rotatable bonds is 4. The summed E-state index contributed by atoms with van der Waals surface area (Å²) < 4.78 is 11.7. The van der Waals surface area contributed by atoms with Crippen molar-refractivity contribution in [1.82, 2.24) is 10.6 Å². The normalized spacial score (nSPS) is 22.8. The molecule has 1 aromatic rings. The Hall–Kier alpha value is -1.79. The van der Waals surface area contributed by atoms with Crippen LogP contribution in [-0.2, 0) is 4.74 Å². The lowest BCUT2D eigenvalue weighted by atomic mass is 9.80. The zero-order valence-corrected chi connectivity index (χ0v) is 15.0. The van der Waals surface area contributed by atoms with E-state index < -0.39 is 0 Å². The molecular formula is C19H28N2O4. The molecule has 138 valence electrons. The monoisotopic (exact) mass is 348 g/mol. The average Bonchev–Trinajstić information content (AvgIpc) is 2.56. The van der Waals surface area contributed by atoms with Crippen LogP contribution in [0.4, 0.5) is 0 Å². The van der Waals surface area contributed by atoms with Gasteiger partial charge in [-0.25, -0.2) is 0 Å². The molecule has 0 radical (unpaired) electrons. The highest BCUT2D eigenvalue weighted by Gasteiger charge is 2.43. The van der Waals surface area contributed by atoms with Crippen molar-refractivity contribution in [3.63, 3.8) is 0 Å². The molecule has 0 aliphatic carbocycles. The molecule has 1 aromatic carbocycles. The number of aromatic hydroxyl groups is 1. The number of hydrogen-bond donors (Lipinski definition) is 3. The quantitative estimate of drug-likeness (QED) is 0.777. The Bertz CT molecular complexity index is 603. The van der Waals surface area contributed by atoms with Crippen LogP contribution in [0.5, 0.6) is 11.5 Å². The van der Waals surface area contributed by atoms with Crippen molar-refractivity contribution in [2.45, 2.75) is 57.3 Å². The van der Waals surface area contributed by atoms with E-state index in [1.165, 1.54) is 12.1 Å². The molecule has 0 saturated carbocycles. The maximum Gasteiger partial charge on any atom is 0.251 e. The first-order valence-electron chi connectivity index (χ1n) is 9.15. The minimum Gasteiger partial charge on any atom is -0.508 e. The van der Waals surface area contributed by atoms with Crippen LogP contribution in [0.1, 0.15) is 49.9 Å². The third-order valence-electron chi connectivity index (χ3n) is 4.94. The number of ether oxygens (including phenoxy) is 2. The summed E-state index contributed by atoms with van der Waals surface area (Å²) in [5, 5.41) is 16.4. The highest BCUT2D eigenvalue weighted by molar-refractivity contribution is 5.95. The summed E-state index contributed by atoms with van der Waals surface area (Å²) in [6.45, 7) is 6.38. The first kappa shape index (κ1) is 18.0. The van der Waals surface area contributed by atoms with E-state index >= 15 is 0 Å². The fourth-order valence-corrected chi connectivity index (χ4v) is 3.77. The Morgan fingerprint density at radius 2 is 2.12 bits per heavy atom.